The van der Waals surface area contributed by atoms with Crippen LogP contribution in [0.5, 0.6) is 0 Å². The van der Waals surface area contributed by atoms with Crippen molar-refractivity contribution in [2.45, 2.75) is 70.0 Å². The second-order valence-corrected chi connectivity index (χ2v) is 6.15. The third-order valence-electron chi connectivity index (χ3n) is 3.24. The number of rotatable bonds is 8. The molecular formula is C14H26O2S. The van der Waals surface area contributed by atoms with Gasteiger partial charge in [-0.3, -0.25) is 4.79 Å². The number of thioether (sulfide) groups is 1. The Balaban J connectivity index is 1.85. The average molecular weight is 258 g/mol. The molecule has 0 aromatic carbocycles. The maximum absolute atomic E-state index is 11.1. The van der Waals surface area contributed by atoms with Crippen molar-refractivity contribution < 1.29 is 9.53 Å². The zero-order valence-corrected chi connectivity index (χ0v) is 11.9. The van der Waals surface area contributed by atoms with Gasteiger partial charge in [0, 0.05) is 11.7 Å². The van der Waals surface area contributed by atoms with Gasteiger partial charge in [-0.2, -0.15) is 11.8 Å². The first-order valence-electron chi connectivity index (χ1n) is 7.10. The summed E-state index contributed by atoms with van der Waals surface area (Å²) in [5.41, 5.74) is 0. The molecule has 0 saturated heterocycles. The van der Waals surface area contributed by atoms with E-state index in [-0.39, 0.29) is 5.97 Å². The van der Waals surface area contributed by atoms with E-state index >= 15 is 0 Å². The quantitative estimate of drug-likeness (QED) is 0.482. The Labute approximate surface area is 110 Å². The third-order valence-corrected chi connectivity index (χ3v) is 4.70. The van der Waals surface area contributed by atoms with Gasteiger partial charge in [0.1, 0.15) is 0 Å². The van der Waals surface area contributed by atoms with E-state index < -0.39 is 0 Å². The second-order valence-electron chi connectivity index (χ2n) is 4.75. The molecule has 0 aromatic heterocycles. The highest BCUT2D eigenvalue weighted by molar-refractivity contribution is 7.99. The van der Waals surface area contributed by atoms with Crippen molar-refractivity contribution in [2.24, 2.45) is 0 Å². The Morgan fingerprint density at radius 2 is 1.94 bits per heavy atom. The molecule has 1 saturated carbocycles. The first-order valence-corrected chi connectivity index (χ1v) is 8.15. The number of esters is 1. The summed E-state index contributed by atoms with van der Waals surface area (Å²) in [6, 6.07) is 0. The van der Waals surface area contributed by atoms with Crippen molar-refractivity contribution >= 4 is 17.7 Å². The van der Waals surface area contributed by atoms with E-state index in [0.717, 1.165) is 11.7 Å². The van der Waals surface area contributed by atoms with Crippen molar-refractivity contribution in [3.63, 3.8) is 0 Å². The lowest BCUT2D eigenvalue weighted by Gasteiger charge is -2.20. The Morgan fingerprint density at radius 1 is 1.18 bits per heavy atom. The molecule has 3 heteroatoms. The molecule has 100 valence electrons. The monoisotopic (exact) mass is 258 g/mol. The summed E-state index contributed by atoms with van der Waals surface area (Å²) in [5, 5.41) is 0.925. The van der Waals surface area contributed by atoms with Gasteiger partial charge in [-0.05, 0) is 38.4 Å². The highest BCUT2D eigenvalue weighted by atomic mass is 32.2. The minimum Gasteiger partial charge on any atom is -0.466 e. The predicted molar refractivity (Wildman–Crippen MR) is 74.4 cm³/mol. The van der Waals surface area contributed by atoms with Gasteiger partial charge in [0.15, 0.2) is 0 Å². The van der Waals surface area contributed by atoms with Crippen LogP contribution >= 0.6 is 11.8 Å². The van der Waals surface area contributed by atoms with Crippen LogP contribution in [-0.4, -0.2) is 23.6 Å². The Kier molecular flexibility index (Phi) is 8.59. The van der Waals surface area contributed by atoms with Crippen LogP contribution < -0.4 is 0 Å². The lowest BCUT2D eigenvalue weighted by molar-refractivity contribution is -0.143. The fraction of sp³-hybridized carbons (Fsp3) is 0.929. The van der Waals surface area contributed by atoms with E-state index in [1.54, 1.807) is 0 Å². The number of unbranched alkanes of at least 4 members (excludes halogenated alkanes) is 2. The van der Waals surface area contributed by atoms with E-state index in [1.165, 1.54) is 50.7 Å². The Hall–Kier alpha value is -0.180. The summed E-state index contributed by atoms with van der Waals surface area (Å²) >= 11 is 2.15. The molecule has 0 N–H and O–H groups in total. The van der Waals surface area contributed by atoms with Gasteiger partial charge in [0.05, 0.1) is 6.61 Å². The summed E-state index contributed by atoms with van der Waals surface area (Å²) < 4.78 is 4.90. The molecule has 0 aliphatic heterocycles. The predicted octanol–water partition coefficient (Wildman–Crippen LogP) is 4.18. The molecule has 0 unspecified atom stereocenters. The average Bonchev–Trinajstić information content (AvgIpc) is 2.35. The van der Waals surface area contributed by atoms with Crippen molar-refractivity contribution in [3.05, 3.63) is 0 Å². The van der Waals surface area contributed by atoms with Crippen molar-refractivity contribution in [3.8, 4) is 0 Å². The summed E-state index contributed by atoms with van der Waals surface area (Å²) in [6.07, 6.45) is 11.2. The number of carbonyl (C=O) groups is 1. The molecular weight excluding hydrogens is 232 g/mol. The van der Waals surface area contributed by atoms with Crippen LogP contribution in [0.3, 0.4) is 0 Å². The molecule has 2 nitrogen and oxygen atoms in total. The minimum atomic E-state index is -0.0348. The van der Waals surface area contributed by atoms with Gasteiger partial charge in [0.2, 0.25) is 0 Å². The maximum atomic E-state index is 11.1. The van der Waals surface area contributed by atoms with E-state index in [0.29, 0.717) is 13.0 Å². The molecule has 1 fully saturated rings. The Bertz CT molecular complexity index is 200. The molecule has 0 atom stereocenters. The maximum Gasteiger partial charge on any atom is 0.305 e. The summed E-state index contributed by atoms with van der Waals surface area (Å²) in [4.78, 5) is 11.1. The van der Waals surface area contributed by atoms with Crippen LogP contribution in [0.4, 0.5) is 0 Å². The lowest BCUT2D eigenvalue weighted by Crippen LogP contribution is -2.08. The molecule has 17 heavy (non-hydrogen) atoms. The fourth-order valence-electron chi connectivity index (χ4n) is 2.26. The van der Waals surface area contributed by atoms with Crippen molar-refractivity contribution in [1.29, 1.82) is 0 Å². The molecule has 0 bridgehead atoms. The number of hydrogen-bond donors (Lipinski definition) is 0. The largest absolute Gasteiger partial charge is 0.466 e. The highest BCUT2D eigenvalue weighted by Crippen LogP contribution is 2.28. The molecule has 0 amide bonds. The van der Waals surface area contributed by atoms with E-state index in [2.05, 4.69) is 11.8 Å². The van der Waals surface area contributed by atoms with Crippen LogP contribution in [0.1, 0.15) is 64.7 Å². The third kappa shape index (κ3) is 7.69. The SMILES string of the molecule is CCOC(=O)CCCCCSC1CCCCC1. The van der Waals surface area contributed by atoms with Crippen molar-refractivity contribution in [1.82, 2.24) is 0 Å². The number of ether oxygens (including phenoxy) is 1. The zero-order valence-electron chi connectivity index (χ0n) is 11.1. The lowest BCUT2D eigenvalue weighted by atomic mass is 10.0. The van der Waals surface area contributed by atoms with E-state index in [1.807, 2.05) is 6.92 Å². The standard InChI is InChI=1S/C14H26O2S/c1-2-16-14(15)11-7-4-8-12-17-13-9-5-3-6-10-13/h13H,2-12H2,1H3. The second kappa shape index (κ2) is 9.81. The zero-order chi connectivity index (χ0) is 12.3. The van der Waals surface area contributed by atoms with Crippen LogP contribution in [0.15, 0.2) is 0 Å². The molecule has 0 spiro atoms. The topological polar surface area (TPSA) is 26.3 Å². The van der Waals surface area contributed by atoms with Crippen LogP contribution in [-0.2, 0) is 9.53 Å². The Morgan fingerprint density at radius 3 is 2.65 bits per heavy atom. The summed E-state index contributed by atoms with van der Waals surface area (Å²) in [6.45, 7) is 2.37. The van der Waals surface area contributed by atoms with Crippen LogP contribution in [0.25, 0.3) is 0 Å². The van der Waals surface area contributed by atoms with Gasteiger partial charge < -0.3 is 4.74 Å². The molecule has 1 aliphatic rings. The van der Waals surface area contributed by atoms with Gasteiger partial charge in [-0.1, -0.05) is 25.7 Å². The molecule has 0 heterocycles. The van der Waals surface area contributed by atoms with Crippen molar-refractivity contribution in [2.75, 3.05) is 12.4 Å². The first-order chi connectivity index (χ1) is 8.33. The summed E-state index contributed by atoms with van der Waals surface area (Å²) in [5.74, 6) is 1.24. The van der Waals surface area contributed by atoms with Crippen LogP contribution in [0, 0.1) is 0 Å². The normalized spacial score (nSPS) is 17.0. The number of carbonyl (C=O) groups excluding carboxylic acids is 1. The van der Waals surface area contributed by atoms with Crippen LogP contribution in [0.2, 0.25) is 0 Å². The van der Waals surface area contributed by atoms with Gasteiger partial charge in [0.25, 0.3) is 0 Å². The highest BCUT2D eigenvalue weighted by Gasteiger charge is 2.12. The molecule has 0 radical (unpaired) electrons. The van der Waals surface area contributed by atoms with Gasteiger partial charge in [-0.15, -0.1) is 0 Å². The molecule has 1 rings (SSSR count). The fourth-order valence-corrected chi connectivity index (χ4v) is 3.63. The smallest absolute Gasteiger partial charge is 0.305 e. The van der Waals surface area contributed by atoms with E-state index in [9.17, 15) is 4.79 Å². The van der Waals surface area contributed by atoms with Gasteiger partial charge >= 0.3 is 5.97 Å². The first kappa shape index (κ1) is 14.9. The molecule has 0 aromatic rings. The molecule has 1 aliphatic carbocycles. The number of hydrogen-bond acceptors (Lipinski definition) is 3. The summed E-state index contributed by atoms with van der Waals surface area (Å²) in [7, 11) is 0. The van der Waals surface area contributed by atoms with E-state index in [4.69, 9.17) is 4.74 Å². The minimum absolute atomic E-state index is 0.0348. The van der Waals surface area contributed by atoms with Gasteiger partial charge in [-0.25, -0.2) is 0 Å².